The van der Waals surface area contributed by atoms with Crippen molar-refractivity contribution in [3.05, 3.63) is 50.4 Å². The van der Waals surface area contributed by atoms with E-state index < -0.39 is 0 Å². The van der Waals surface area contributed by atoms with Crippen molar-refractivity contribution in [2.24, 2.45) is 0 Å². The number of benzene rings is 2. The van der Waals surface area contributed by atoms with Gasteiger partial charge in [-0.05, 0) is 30.3 Å². The van der Waals surface area contributed by atoms with Crippen LogP contribution < -0.4 is 0 Å². The van der Waals surface area contributed by atoms with Gasteiger partial charge in [0, 0.05) is 21.2 Å². The van der Waals surface area contributed by atoms with Gasteiger partial charge < -0.3 is 5.11 Å². The highest BCUT2D eigenvalue weighted by molar-refractivity contribution is 6.42. The summed E-state index contributed by atoms with van der Waals surface area (Å²) in [5.74, 6) is 0.0172. The zero-order chi connectivity index (χ0) is 12.6. The first-order valence-corrected chi connectivity index (χ1v) is 6.13. The van der Waals surface area contributed by atoms with Crippen LogP contribution in [0.25, 0.3) is 11.1 Å². The van der Waals surface area contributed by atoms with Gasteiger partial charge in [-0.1, -0.05) is 46.4 Å². The molecule has 88 valence electrons. The molecule has 1 nitrogen and oxygen atoms in total. The van der Waals surface area contributed by atoms with Crippen LogP contribution in [0.3, 0.4) is 0 Å². The second-order valence-corrected chi connectivity index (χ2v) is 5.09. The Morgan fingerprint density at radius 3 is 1.88 bits per heavy atom. The molecule has 0 fully saturated rings. The Kier molecular flexibility index (Phi) is 3.74. The molecule has 5 heteroatoms. The fourth-order valence-corrected chi connectivity index (χ4v) is 2.70. The van der Waals surface area contributed by atoms with E-state index in [-0.39, 0.29) is 5.75 Å². The van der Waals surface area contributed by atoms with E-state index in [1.165, 1.54) is 6.07 Å². The third-order valence-corrected chi connectivity index (χ3v) is 3.29. The Morgan fingerprint density at radius 2 is 1.35 bits per heavy atom. The smallest absolute Gasteiger partial charge is 0.124 e. The van der Waals surface area contributed by atoms with Crippen molar-refractivity contribution >= 4 is 46.4 Å². The van der Waals surface area contributed by atoms with Crippen LogP contribution in [0.1, 0.15) is 0 Å². The number of hydrogen-bond donors (Lipinski definition) is 1. The van der Waals surface area contributed by atoms with Crippen LogP contribution in [0.5, 0.6) is 5.75 Å². The number of hydrogen-bond acceptors (Lipinski definition) is 1. The summed E-state index contributed by atoms with van der Waals surface area (Å²) in [6.07, 6.45) is 0. The fraction of sp³-hybridized carbons (Fsp3) is 0. The molecule has 0 amide bonds. The van der Waals surface area contributed by atoms with Crippen LogP contribution in [-0.2, 0) is 0 Å². The van der Waals surface area contributed by atoms with E-state index in [0.29, 0.717) is 31.2 Å². The molecular formula is C12H6Cl4O. The van der Waals surface area contributed by atoms with Gasteiger partial charge in [0.1, 0.15) is 5.75 Å². The minimum Gasteiger partial charge on any atom is -0.507 e. The van der Waals surface area contributed by atoms with Gasteiger partial charge in [-0.3, -0.25) is 0 Å². The molecule has 2 rings (SSSR count). The molecule has 0 unspecified atom stereocenters. The topological polar surface area (TPSA) is 20.2 Å². The first-order chi connectivity index (χ1) is 7.99. The SMILES string of the molecule is Oc1cc(Cl)ccc1-c1c(Cl)cc(Cl)cc1Cl. The zero-order valence-corrected chi connectivity index (χ0v) is 11.4. The minimum atomic E-state index is 0.0172. The molecule has 0 heterocycles. The average Bonchev–Trinajstić information content (AvgIpc) is 2.19. The van der Waals surface area contributed by atoms with E-state index in [0.717, 1.165) is 0 Å². The lowest BCUT2D eigenvalue weighted by Crippen LogP contribution is -1.83. The van der Waals surface area contributed by atoms with Crippen molar-refractivity contribution in [2.45, 2.75) is 0 Å². The van der Waals surface area contributed by atoms with Crippen molar-refractivity contribution in [2.75, 3.05) is 0 Å². The van der Waals surface area contributed by atoms with Crippen molar-refractivity contribution in [3.8, 4) is 16.9 Å². The molecule has 0 aliphatic heterocycles. The zero-order valence-electron chi connectivity index (χ0n) is 8.35. The lowest BCUT2D eigenvalue weighted by molar-refractivity contribution is 0.477. The van der Waals surface area contributed by atoms with Crippen LogP contribution >= 0.6 is 46.4 Å². The van der Waals surface area contributed by atoms with Crippen LogP contribution in [0, 0.1) is 0 Å². The second-order valence-electron chi connectivity index (χ2n) is 3.41. The molecule has 0 aromatic heterocycles. The predicted molar refractivity (Wildman–Crippen MR) is 73.6 cm³/mol. The van der Waals surface area contributed by atoms with Gasteiger partial charge in [0.05, 0.1) is 10.0 Å². The maximum absolute atomic E-state index is 9.83. The number of aromatic hydroxyl groups is 1. The molecule has 0 radical (unpaired) electrons. The van der Waals surface area contributed by atoms with Gasteiger partial charge in [0.25, 0.3) is 0 Å². The van der Waals surface area contributed by atoms with Crippen LogP contribution in [0.4, 0.5) is 0 Å². The van der Waals surface area contributed by atoms with Crippen molar-refractivity contribution in [1.29, 1.82) is 0 Å². The van der Waals surface area contributed by atoms with Gasteiger partial charge in [0.15, 0.2) is 0 Å². The van der Waals surface area contributed by atoms with E-state index in [1.807, 2.05) is 0 Å². The van der Waals surface area contributed by atoms with Gasteiger partial charge in [-0.15, -0.1) is 0 Å². The Labute approximate surface area is 118 Å². The second kappa shape index (κ2) is 4.95. The molecule has 0 saturated heterocycles. The highest BCUT2D eigenvalue weighted by atomic mass is 35.5. The van der Waals surface area contributed by atoms with E-state index in [1.54, 1.807) is 24.3 Å². The summed E-state index contributed by atoms with van der Waals surface area (Å²) in [5, 5.41) is 11.5. The van der Waals surface area contributed by atoms with Gasteiger partial charge in [0.2, 0.25) is 0 Å². The monoisotopic (exact) mass is 306 g/mol. The molecule has 0 atom stereocenters. The third kappa shape index (κ3) is 2.63. The molecule has 0 spiro atoms. The van der Waals surface area contributed by atoms with E-state index in [4.69, 9.17) is 46.4 Å². The van der Waals surface area contributed by atoms with Crippen LogP contribution in [0.2, 0.25) is 20.1 Å². The molecule has 0 aliphatic carbocycles. The molecule has 17 heavy (non-hydrogen) atoms. The largest absolute Gasteiger partial charge is 0.507 e. The van der Waals surface area contributed by atoms with Crippen LogP contribution in [-0.4, -0.2) is 5.11 Å². The van der Waals surface area contributed by atoms with E-state index >= 15 is 0 Å². The summed E-state index contributed by atoms with van der Waals surface area (Å²) in [4.78, 5) is 0. The molecule has 0 aliphatic rings. The highest BCUT2D eigenvalue weighted by Crippen LogP contribution is 2.41. The minimum absolute atomic E-state index is 0.0172. The Hall–Kier alpha value is -0.600. The van der Waals surface area contributed by atoms with Crippen molar-refractivity contribution in [3.63, 3.8) is 0 Å². The van der Waals surface area contributed by atoms with Gasteiger partial charge >= 0.3 is 0 Å². The predicted octanol–water partition coefficient (Wildman–Crippen LogP) is 5.67. The first kappa shape index (κ1) is 12.8. The lowest BCUT2D eigenvalue weighted by Gasteiger charge is -2.10. The maximum atomic E-state index is 9.83. The number of phenolic OH excluding ortho intramolecular Hbond substituents is 1. The summed E-state index contributed by atoms with van der Waals surface area (Å²) in [5.41, 5.74) is 1.05. The highest BCUT2D eigenvalue weighted by Gasteiger charge is 2.13. The summed E-state index contributed by atoms with van der Waals surface area (Å²) >= 11 is 23.7. The first-order valence-electron chi connectivity index (χ1n) is 4.62. The molecule has 2 aromatic carbocycles. The molecule has 0 bridgehead atoms. The standard InChI is InChI=1S/C12H6Cl4O/c13-6-1-2-8(11(17)5-6)12-9(15)3-7(14)4-10(12)16/h1-5,17H. The van der Waals surface area contributed by atoms with Crippen molar-refractivity contribution < 1.29 is 5.11 Å². The van der Waals surface area contributed by atoms with Gasteiger partial charge in [-0.25, -0.2) is 0 Å². The Morgan fingerprint density at radius 1 is 0.765 bits per heavy atom. The number of phenols is 1. The summed E-state index contributed by atoms with van der Waals surface area (Å²) in [6, 6.07) is 7.87. The molecule has 2 aromatic rings. The van der Waals surface area contributed by atoms with Crippen LogP contribution in [0.15, 0.2) is 30.3 Å². The normalized spacial score (nSPS) is 10.6. The molecule has 0 saturated carbocycles. The summed E-state index contributed by atoms with van der Waals surface area (Å²) in [6.45, 7) is 0. The van der Waals surface area contributed by atoms with E-state index in [9.17, 15) is 5.11 Å². The quantitative estimate of drug-likeness (QED) is 0.719. The fourth-order valence-electron chi connectivity index (χ4n) is 1.52. The average molecular weight is 308 g/mol. The summed E-state index contributed by atoms with van der Waals surface area (Å²) < 4.78 is 0. The lowest BCUT2D eigenvalue weighted by atomic mass is 10.0. The van der Waals surface area contributed by atoms with Gasteiger partial charge in [-0.2, -0.15) is 0 Å². The Balaban J connectivity index is 2.68. The molecular weight excluding hydrogens is 302 g/mol. The summed E-state index contributed by atoms with van der Waals surface area (Å²) in [7, 11) is 0. The van der Waals surface area contributed by atoms with E-state index in [2.05, 4.69) is 0 Å². The molecule has 1 N–H and O–H groups in total. The Bertz CT molecular complexity index is 558. The third-order valence-electron chi connectivity index (χ3n) is 2.24. The maximum Gasteiger partial charge on any atom is 0.124 e. The number of halogens is 4. The number of rotatable bonds is 1. The van der Waals surface area contributed by atoms with Crippen molar-refractivity contribution in [1.82, 2.24) is 0 Å².